The first kappa shape index (κ1) is 21.2. The summed E-state index contributed by atoms with van der Waals surface area (Å²) in [4.78, 5) is 0.315. The normalized spacial score (nSPS) is 13.8. The Balaban J connectivity index is 2.39. The van der Waals surface area contributed by atoms with Gasteiger partial charge in [0.15, 0.2) is 0 Å². The van der Waals surface area contributed by atoms with E-state index < -0.39 is 10.0 Å². The van der Waals surface area contributed by atoms with Gasteiger partial charge >= 0.3 is 0 Å². The molecular weight excluding hydrogens is 354 g/mol. The molecule has 4 heteroatoms. The lowest BCUT2D eigenvalue weighted by molar-refractivity contribution is 0.387. The van der Waals surface area contributed by atoms with Gasteiger partial charge in [0.25, 0.3) is 10.0 Å². The van der Waals surface area contributed by atoms with E-state index in [1.807, 2.05) is 38.1 Å². The van der Waals surface area contributed by atoms with Gasteiger partial charge in [0.05, 0.1) is 4.90 Å². The molecule has 146 valence electrons. The van der Waals surface area contributed by atoms with Crippen LogP contribution in [-0.2, 0) is 16.4 Å². The summed E-state index contributed by atoms with van der Waals surface area (Å²) in [5.41, 5.74) is 3.98. The van der Waals surface area contributed by atoms with Crippen LogP contribution in [-0.4, -0.2) is 12.4 Å². The fourth-order valence-electron chi connectivity index (χ4n) is 3.14. The summed E-state index contributed by atoms with van der Waals surface area (Å²) in [6, 6.07) is 8.88. The van der Waals surface area contributed by atoms with Crippen LogP contribution in [0.1, 0.15) is 50.4 Å². The van der Waals surface area contributed by atoms with Gasteiger partial charge < -0.3 is 0 Å². The highest BCUT2D eigenvalue weighted by Crippen LogP contribution is 2.32. The van der Waals surface area contributed by atoms with Crippen molar-refractivity contribution in [1.82, 2.24) is 3.97 Å². The molecule has 0 radical (unpaired) electrons. The van der Waals surface area contributed by atoms with E-state index in [1.54, 1.807) is 18.3 Å². The summed E-state index contributed by atoms with van der Waals surface area (Å²) in [6.07, 6.45) is 8.36. The van der Waals surface area contributed by atoms with Gasteiger partial charge in [-0.1, -0.05) is 42.3 Å². The Hall–Kier alpha value is -2.07. The Morgan fingerprint density at radius 1 is 1.15 bits per heavy atom. The van der Waals surface area contributed by atoms with Crippen LogP contribution in [0.2, 0.25) is 0 Å². The van der Waals surface area contributed by atoms with Gasteiger partial charge in [0.1, 0.15) is 0 Å². The van der Waals surface area contributed by atoms with Crippen LogP contribution in [0.15, 0.2) is 65.7 Å². The number of aryl methyl sites for hydroxylation is 2. The molecule has 1 heterocycles. The van der Waals surface area contributed by atoms with E-state index in [2.05, 4.69) is 33.4 Å². The quantitative estimate of drug-likeness (QED) is 0.537. The molecule has 0 saturated heterocycles. The van der Waals surface area contributed by atoms with Crippen molar-refractivity contribution in [3.63, 3.8) is 0 Å². The topological polar surface area (TPSA) is 39.1 Å². The molecule has 0 amide bonds. The van der Waals surface area contributed by atoms with E-state index in [-0.39, 0.29) is 5.41 Å². The molecule has 0 saturated carbocycles. The van der Waals surface area contributed by atoms with Crippen molar-refractivity contribution in [3.05, 3.63) is 77.7 Å². The molecule has 0 aliphatic rings. The molecule has 0 bridgehead atoms. The van der Waals surface area contributed by atoms with E-state index >= 15 is 0 Å². The van der Waals surface area contributed by atoms with Crippen LogP contribution in [0.3, 0.4) is 0 Å². The SMILES string of the molecule is C=CC(C)(CCC=C(C)C)Cc1c(C)ccn1S(=O)(=O)c1ccc(C)cc1. The Morgan fingerprint density at radius 3 is 2.33 bits per heavy atom. The van der Waals surface area contributed by atoms with E-state index in [1.165, 1.54) is 9.55 Å². The van der Waals surface area contributed by atoms with E-state index in [4.69, 9.17) is 0 Å². The highest BCUT2D eigenvalue weighted by atomic mass is 32.2. The molecular formula is C23H31NO2S. The van der Waals surface area contributed by atoms with Gasteiger partial charge in [-0.3, -0.25) is 0 Å². The number of benzene rings is 1. The zero-order valence-electron chi connectivity index (χ0n) is 17.1. The minimum atomic E-state index is -3.61. The van der Waals surface area contributed by atoms with Crippen molar-refractivity contribution >= 4 is 10.0 Å². The second kappa shape index (κ2) is 8.30. The highest BCUT2D eigenvalue weighted by Gasteiger charge is 2.27. The minimum Gasteiger partial charge on any atom is -0.246 e. The van der Waals surface area contributed by atoms with Crippen LogP contribution >= 0.6 is 0 Å². The molecule has 27 heavy (non-hydrogen) atoms. The molecule has 0 N–H and O–H groups in total. The van der Waals surface area contributed by atoms with Crippen LogP contribution < -0.4 is 0 Å². The third-order valence-electron chi connectivity index (χ3n) is 5.09. The Bertz CT molecular complexity index is 929. The van der Waals surface area contributed by atoms with Crippen molar-refractivity contribution in [2.24, 2.45) is 5.41 Å². The third-order valence-corrected chi connectivity index (χ3v) is 6.82. The van der Waals surface area contributed by atoms with Crippen LogP contribution in [0.25, 0.3) is 0 Å². The fraction of sp³-hybridized carbons (Fsp3) is 0.391. The standard InChI is InChI=1S/C23H31NO2S/c1-7-23(6,15-8-9-18(2)3)17-22-20(5)14-16-24(22)27(25,26)21-12-10-19(4)11-13-21/h7,9-14,16H,1,8,15,17H2,2-6H3. The maximum absolute atomic E-state index is 13.2. The van der Waals surface area contributed by atoms with Crippen molar-refractivity contribution in [3.8, 4) is 0 Å². The predicted octanol–water partition coefficient (Wildman–Crippen LogP) is 5.82. The molecule has 2 rings (SSSR count). The molecule has 1 atom stereocenters. The lowest BCUT2D eigenvalue weighted by Crippen LogP contribution is -2.22. The predicted molar refractivity (Wildman–Crippen MR) is 114 cm³/mol. The van der Waals surface area contributed by atoms with Crippen molar-refractivity contribution in [2.75, 3.05) is 0 Å². The summed E-state index contributed by atoms with van der Waals surface area (Å²) in [7, 11) is -3.61. The van der Waals surface area contributed by atoms with Crippen molar-refractivity contribution < 1.29 is 8.42 Å². The number of allylic oxidation sites excluding steroid dienone is 3. The summed E-state index contributed by atoms with van der Waals surface area (Å²) >= 11 is 0. The summed E-state index contributed by atoms with van der Waals surface area (Å²) in [5.74, 6) is 0. The first-order chi connectivity index (χ1) is 12.6. The number of hydrogen-bond donors (Lipinski definition) is 0. The van der Waals surface area contributed by atoms with Crippen LogP contribution in [0.4, 0.5) is 0 Å². The maximum Gasteiger partial charge on any atom is 0.267 e. The molecule has 0 aliphatic heterocycles. The van der Waals surface area contributed by atoms with Gasteiger partial charge in [-0.15, -0.1) is 6.58 Å². The average molecular weight is 386 g/mol. The molecule has 0 aliphatic carbocycles. The average Bonchev–Trinajstić information content (AvgIpc) is 2.96. The molecule has 1 unspecified atom stereocenters. The molecule has 0 fully saturated rings. The van der Waals surface area contributed by atoms with Crippen LogP contribution in [0, 0.1) is 19.3 Å². The molecule has 1 aromatic heterocycles. The van der Waals surface area contributed by atoms with E-state index in [9.17, 15) is 8.42 Å². The maximum atomic E-state index is 13.2. The van der Waals surface area contributed by atoms with Gasteiger partial charge in [-0.25, -0.2) is 12.4 Å². The van der Waals surface area contributed by atoms with E-state index in [0.29, 0.717) is 11.3 Å². The van der Waals surface area contributed by atoms with Gasteiger partial charge in [0, 0.05) is 11.9 Å². The zero-order valence-corrected chi connectivity index (χ0v) is 17.9. The number of rotatable bonds is 8. The first-order valence-electron chi connectivity index (χ1n) is 9.35. The summed E-state index contributed by atoms with van der Waals surface area (Å²) in [6.45, 7) is 14.3. The minimum absolute atomic E-state index is 0.171. The van der Waals surface area contributed by atoms with Crippen molar-refractivity contribution in [1.29, 1.82) is 0 Å². The molecule has 0 spiro atoms. The molecule has 3 nitrogen and oxygen atoms in total. The highest BCUT2D eigenvalue weighted by molar-refractivity contribution is 7.90. The number of aromatic nitrogens is 1. The molecule has 2 aromatic rings. The Labute approximate surface area is 164 Å². The summed E-state index contributed by atoms with van der Waals surface area (Å²) in [5, 5.41) is 0. The largest absolute Gasteiger partial charge is 0.267 e. The third kappa shape index (κ3) is 5.01. The van der Waals surface area contributed by atoms with Crippen molar-refractivity contribution in [2.45, 2.75) is 58.8 Å². The number of hydrogen-bond acceptors (Lipinski definition) is 2. The zero-order chi connectivity index (χ0) is 20.2. The first-order valence-corrected chi connectivity index (χ1v) is 10.8. The second-order valence-electron chi connectivity index (χ2n) is 7.91. The molecule has 1 aromatic carbocycles. The van der Waals surface area contributed by atoms with Gasteiger partial charge in [-0.2, -0.15) is 0 Å². The van der Waals surface area contributed by atoms with Gasteiger partial charge in [0.2, 0.25) is 0 Å². The summed E-state index contributed by atoms with van der Waals surface area (Å²) < 4.78 is 27.8. The Morgan fingerprint density at radius 2 is 1.78 bits per heavy atom. The second-order valence-corrected chi connectivity index (χ2v) is 9.73. The Kier molecular flexibility index (Phi) is 6.53. The van der Waals surface area contributed by atoms with Crippen LogP contribution in [0.5, 0.6) is 0 Å². The fourth-order valence-corrected chi connectivity index (χ4v) is 4.57. The lowest BCUT2D eigenvalue weighted by Gasteiger charge is -2.26. The monoisotopic (exact) mass is 385 g/mol. The smallest absolute Gasteiger partial charge is 0.246 e. The lowest BCUT2D eigenvalue weighted by atomic mass is 9.80. The number of nitrogens with zero attached hydrogens (tertiary/aromatic N) is 1. The van der Waals surface area contributed by atoms with E-state index in [0.717, 1.165) is 29.7 Å². The van der Waals surface area contributed by atoms with Gasteiger partial charge in [-0.05, 0) is 76.1 Å².